The van der Waals surface area contributed by atoms with E-state index in [2.05, 4.69) is 52.4 Å². The van der Waals surface area contributed by atoms with Crippen LogP contribution in [0.3, 0.4) is 0 Å². The zero-order valence-electron chi connectivity index (χ0n) is 11.5. The van der Waals surface area contributed by atoms with Crippen LogP contribution in [0.25, 0.3) is 0 Å². The third-order valence-electron chi connectivity index (χ3n) is 3.08. The molecule has 0 rings (SSSR count). The van der Waals surface area contributed by atoms with Crippen LogP contribution >= 0.6 is 0 Å². The molecule has 0 unspecified atom stereocenters. The van der Waals surface area contributed by atoms with E-state index in [1.54, 1.807) is 0 Å². The van der Waals surface area contributed by atoms with Gasteiger partial charge in [0.1, 0.15) is 0 Å². The van der Waals surface area contributed by atoms with Gasteiger partial charge in [0.25, 0.3) is 0 Å². The van der Waals surface area contributed by atoms with Gasteiger partial charge in [-0.25, -0.2) is 0 Å². The molecular formula is C13H28Si2. The van der Waals surface area contributed by atoms with E-state index in [1.807, 2.05) is 0 Å². The van der Waals surface area contributed by atoms with Gasteiger partial charge >= 0.3 is 0 Å². The fourth-order valence-corrected chi connectivity index (χ4v) is 3.12. The van der Waals surface area contributed by atoms with Crippen LogP contribution < -0.4 is 0 Å². The summed E-state index contributed by atoms with van der Waals surface area (Å²) < 4.78 is 0. The molecule has 0 radical (unpaired) electrons. The Balaban J connectivity index is 3.92. The van der Waals surface area contributed by atoms with Crippen molar-refractivity contribution in [3.63, 3.8) is 0 Å². The predicted molar refractivity (Wildman–Crippen MR) is 78.8 cm³/mol. The number of hydrogen-bond donors (Lipinski definition) is 0. The first-order valence-corrected chi connectivity index (χ1v) is 12.9. The quantitative estimate of drug-likeness (QED) is 0.572. The second-order valence-corrected chi connectivity index (χ2v) is 17.0. The number of rotatable bonds is 6. The molecule has 0 aromatic heterocycles. The summed E-state index contributed by atoms with van der Waals surface area (Å²) in [7, 11) is -2.18. The minimum atomic E-state index is -1.09. The third kappa shape index (κ3) is 6.15. The SMILES string of the molecule is C=C(CCCC(=C)[Si](C)(C)C)[Si](C)(C)C. The van der Waals surface area contributed by atoms with E-state index in [0.717, 1.165) is 0 Å². The van der Waals surface area contributed by atoms with E-state index >= 15 is 0 Å². The zero-order chi connectivity index (χ0) is 12.3. The molecule has 0 fully saturated rings. The second-order valence-electron chi connectivity index (χ2n) is 6.56. The molecule has 15 heavy (non-hydrogen) atoms. The van der Waals surface area contributed by atoms with Crippen LogP contribution in [0.4, 0.5) is 0 Å². The van der Waals surface area contributed by atoms with Crippen molar-refractivity contribution in [1.29, 1.82) is 0 Å². The highest BCUT2D eigenvalue weighted by Gasteiger charge is 2.19. The molecule has 0 aliphatic heterocycles. The topological polar surface area (TPSA) is 0 Å². The van der Waals surface area contributed by atoms with Crippen molar-refractivity contribution in [2.75, 3.05) is 0 Å². The van der Waals surface area contributed by atoms with Crippen molar-refractivity contribution in [2.24, 2.45) is 0 Å². The van der Waals surface area contributed by atoms with Crippen LogP contribution in [0.5, 0.6) is 0 Å². The van der Waals surface area contributed by atoms with Crippen LogP contribution in [-0.2, 0) is 0 Å². The summed E-state index contributed by atoms with van der Waals surface area (Å²) in [5.74, 6) is 0. The molecule has 88 valence electrons. The molecule has 0 atom stereocenters. The molecular weight excluding hydrogens is 212 g/mol. The van der Waals surface area contributed by atoms with Crippen LogP contribution in [0.2, 0.25) is 39.3 Å². The minimum absolute atomic E-state index is 1.09. The Morgan fingerprint density at radius 3 is 1.20 bits per heavy atom. The van der Waals surface area contributed by atoms with Gasteiger partial charge in [0.15, 0.2) is 0 Å². The van der Waals surface area contributed by atoms with Gasteiger partial charge in [-0.05, 0) is 19.3 Å². The normalized spacial score (nSPS) is 12.7. The molecule has 0 bridgehead atoms. The zero-order valence-corrected chi connectivity index (χ0v) is 13.5. The van der Waals surface area contributed by atoms with Crippen molar-refractivity contribution in [3.05, 3.63) is 23.6 Å². The Kier molecular flexibility index (Phi) is 5.27. The predicted octanol–water partition coefficient (Wildman–Crippen LogP) is 5.02. The Bertz CT molecular complexity index is 212. The van der Waals surface area contributed by atoms with Gasteiger partial charge in [0.05, 0.1) is 16.1 Å². The maximum absolute atomic E-state index is 4.23. The monoisotopic (exact) mass is 240 g/mol. The van der Waals surface area contributed by atoms with Crippen LogP contribution in [0.1, 0.15) is 19.3 Å². The highest BCUT2D eigenvalue weighted by atomic mass is 28.3. The molecule has 2 heteroatoms. The van der Waals surface area contributed by atoms with Crippen LogP contribution in [-0.4, -0.2) is 16.1 Å². The van der Waals surface area contributed by atoms with E-state index in [0.29, 0.717) is 0 Å². The van der Waals surface area contributed by atoms with E-state index in [1.165, 1.54) is 29.7 Å². The summed E-state index contributed by atoms with van der Waals surface area (Å²) in [4.78, 5) is 0. The number of hydrogen-bond acceptors (Lipinski definition) is 0. The summed E-state index contributed by atoms with van der Waals surface area (Å²) in [6, 6.07) is 0. The second kappa shape index (κ2) is 5.31. The maximum atomic E-state index is 4.23. The lowest BCUT2D eigenvalue weighted by molar-refractivity contribution is 0.842. The summed E-state index contributed by atoms with van der Waals surface area (Å²) in [5, 5.41) is 3.01. The molecule has 0 amide bonds. The molecule has 0 aliphatic rings. The lowest BCUT2D eigenvalue weighted by Gasteiger charge is -2.22. The van der Waals surface area contributed by atoms with E-state index in [9.17, 15) is 0 Å². The third-order valence-corrected chi connectivity index (χ3v) is 7.82. The minimum Gasteiger partial charge on any atom is -0.104 e. The maximum Gasteiger partial charge on any atom is 0.0716 e. The Morgan fingerprint density at radius 1 is 0.733 bits per heavy atom. The van der Waals surface area contributed by atoms with Crippen LogP contribution in [0.15, 0.2) is 23.6 Å². The van der Waals surface area contributed by atoms with Crippen molar-refractivity contribution in [1.82, 2.24) is 0 Å². The molecule has 0 nitrogen and oxygen atoms in total. The van der Waals surface area contributed by atoms with Crippen molar-refractivity contribution in [2.45, 2.75) is 58.5 Å². The molecule has 0 aliphatic carbocycles. The first-order chi connectivity index (χ1) is 6.55. The summed E-state index contributed by atoms with van der Waals surface area (Å²) in [5.41, 5.74) is 0. The van der Waals surface area contributed by atoms with Gasteiger partial charge in [-0.1, -0.05) is 49.7 Å². The fourth-order valence-electron chi connectivity index (χ4n) is 1.27. The van der Waals surface area contributed by atoms with E-state index < -0.39 is 16.1 Å². The lowest BCUT2D eigenvalue weighted by Crippen LogP contribution is -2.24. The summed E-state index contributed by atoms with van der Waals surface area (Å²) >= 11 is 0. The summed E-state index contributed by atoms with van der Waals surface area (Å²) in [6.07, 6.45) is 3.67. The standard InChI is InChI=1S/C13H28Si2/c1-12(14(3,4)5)10-9-11-13(2)15(6,7)8/h1-2,9-11H2,3-8H3. The van der Waals surface area contributed by atoms with Crippen molar-refractivity contribution < 1.29 is 0 Å². The van der Waals surface area contributed by atoms with Crippen molar-refractivity contribution in [3.8, 4) is 0 Å². The summed E-state index contributed by atoms with van der Waals surface area (Å²) in [6.45, 7) is 22.7. The average Bonchev–Trinajstić information content (AvgIpc) is 2.00. The molecule has 0 saturated heterocycles. The van der Waals surface area contributed by atoms with E-state index in [-0.39, 0.29) is 0 Å². The van der Waals surface area contributed by atoms with Gasteiger partial charge in [-0.2, -0.15) is 0 Å². The average molecular weight is 241 g/mol. The Hall–Kier alpha value is -0.0862. The molecule has 0 N–H and O–H groups in total. The molecule has 0 spiro atoms. The van der Waals surface area contributed by atoms with E-state index in [4.69, 9.17) is 0 Å². The first kappa shape index (κ1) is 14.9. The van der Waals surface area contributed by atoms with Gasteiger partial charge in [-0.15, -0.1) is 13.2 Å². The van der Waals surface area contributed by atoms with Crippen LogP contribution in [0, 0.1) is 0 Å². The Labute approximate surface area is 98.5 Å². The van der Waals surface area contributed by atoms with Crippen molar-refractivity contribution >= 4 is 16.1 Å². The first-order valence-electron chi connectivity index (χ1n) is 5.91. The van der Waals surface area contributed by atoms with Gasteiger partial charge in [0, 0.05) is 0 Å². The smallest absolute Gasteiger partial charge is 0.0716 e. The molecule has 0 saturated carbocycles. The molecule has 0 aromatic rings. The van der Waals surface area contributed by atoms with Gasteiger partial charge in [-0.3, -0.25) is 0 Å². The van der Waals surface area contributed by atoms with Gasteiger partial charge < -0.3 is 0 Å². The largest absolute Gasteiger partial charge is 0.104 e. The Morgan fingerprint density at radius 2 is 1.00 bits per heavy atom. The lowest BCUT2D eigenvalue weighted by atomic mass is 10.2. The number of allylic oxidation sites excluding steroid dienone is 2. The van der Waals surface area contributed by atoms with Gasteiger partial charge in [0.2, 0.25) is 0 Å². The fraction of sp³-hybridized carbons (Fsp3) is 0.692. The molecule has 0 aromatic carbocycles. The highest BCUT2D eigenvalue weighted by Crippen LogP contribution is 2.22. The highest BCUT2D eigenvalue weighted by molar-refractivity contribution is 6.83. The molecule has 0 heterocycles.